The van der Waals surface area contributed by atoms with E-state index in [1.165, 1.54) is 24.5 Å². The van der Waals surface area contributed by atoms with Crippen LogP contribution in [0.2, 0.25) is 0 Å². The maximum absolute atomic E-state index is 14.1. The lowest BCUT2D eigenvalue weighted by Crippen LogP contribution is -2.22. The molecular formula is C17H16FN3O2S. The van der Waals surface area contributed by atoms with E-state index in [0.29, 0.717) is 26.5 Å². The number of rotatable bonds is 4. The molecule has 5 nitrogen and oxygen atoms in total. The zero-order valence-electron chi connectivity index (χ0n) is 13.4. The molecule has 0 bridgehead atoms. The van der Waals surface area contributed by atoms with Crippen LogP contribution >= 0.6 is 11.3 Å². The van der Waals surface area contributed by atoms with Gasteiger partial charge in [0.05, 0.1) is 18.4 Å². The number of hydrogen-bond donors (Lipinski definition) is 2. The number of aryl methyl sites for hydroxylation is 2. The second-order valence-corrected chi connectivity index (χ2v) is 6.35. The lowest BCUT2D eigenvalue weighted by Gasteiger charge is -2.09. The molecule has 2 aromatic heterocycles. The third-order valence-corrected chi connectivity index (χ3v) is 4.50. The molecule has 7 heteroatoms. The third kappa shape index (κ3) is 3.08. The van der Waals surface area contributed by atoms with E-state index in [-0.39, 0.29) is 5.82 Å². The van der Waals surface area contributed by atoms with Crippen LogP contribution < -0.4 is 10.8 Å². The number of fused-ring (bicyclic) bond motifs is 1. The second kappa shape index (κ2) is 6.54. The van der Waals surface area contributed by atoms with Gasteiger partial charge in [0.2, 0.25) is 0 Å². The van der Waals surface area contributed by atoms with Crippen molar-refractivity contribution in [1.29, 1.82) is 0 Å². The average molecular weight is 345 g/mol. The molecule has 0 aliphatic heterocycles. The normalized spacial score (nSPS) is 10.8. The van der Waals surface area contributed by atoms with Gasteiger partial charge in [-0.2, -0.15) is 0 Å². The van der Waals surface area contributed by atoms with Gasteiger partial charge in [0, 0.05) is 11.1 Å². The summed E-state index contributed by atoms with van der Waals surface area (Å²) in [6.45, 7) is 3.69. The summed E-state index contributed by atoms with van der Waals surface area (Å²) < 4.78 is 14.1. The lowest BCUT2D eigenvalue weighted by atomic mass is 10.1. The van der Waals surface area contributed by atoms with Gasteiger partial charge < -0.3 is 5.32 Å². The first-order valence-electron chi connectivity index (χ1n) is 7.26. The molecular weight excluding hydrogens is 329 g/mol. The first-order chi connectivity index (χ1) is 11.5. The van der Waals surface area contributed by atoms with Crippen LogP contribution in [0.1, 0.15) is 21.6 Å². The number of carbonyl (C=O) groups excluding carboxylic acids is 1. The van der Waals surface area contributed by atoms with Gasteiger partial charge in [-0.05, 0) is 43.7 Å². The summed E-state index contributed by atoms with van der Waals surface area (Å²) in [5.41, 5.74) is 4.66. The molecule has 0 fully saturated rings. The van der Waals surface area contributed by atoms with Crippen LogP contribution in [0.5, 0.6) is 0 Å². The molecule has 24 heavy (non-hydrogen) atoms. The number of thiophene rings is 1. The van der Waals surface area contributed by atoms with Gasteiger partial charge in [-0.15, -0.1) is 0 Å². The molecule has 0 unspecified atom stereocenters. The zero-order valence-corrected chi connectivity index (χ0v) is 14.3. The monoisotopic (exact) mass is 345 g/mol. The highest BCUT2D eigenvalue weighted by molar-refractivity contribution is 7.23. The molecule has 0 aliphatic rings. The first kappa shape index (κ1) is 16.4. The SMILES string of the molecule is CONC(=O)c1c(Nc2ccc(C)cc2F)sc2nc(C)ccc12. The fourth-order valence-electron chi connectivity index (χ4n) is 2.37. The summed E-state index contributed by atoms with van der Waals surface area (Å²) in [5.74, 6) is -0.792. The summed E-state index contributed by atoms with van der Waals surface area (Å²) in [4.78, 5) is 22.2. The van der Waals surface area contributed by atoms with Crippen LogP contribution in [0.4, 0.5) is 15.1 Å². The van der Waals surface area contributed by atoms with Crippen molar-refractivity contribution < 1.29 is 14.0 Å². The number of hydroxylamine groups is 1. The fraction of sp³-hybridized carbons (Fsp3) is 0.176. The van der Waals surface area contributed by atoms with Crippen LogP contribution in [-0.2, 0) is 4.84 Å². The average Bonchev–Trinajstić information content (AvgIpc) is 2.87. The highest BCUT2D eigenvalue weighted by atomic mass is 32.1. The zero-order chi connectivity index (χ0) is 17.3. The van der Waals surface area contributed by atoms with Crippen LogP contribution in [0.25, 0.3) is 10.2 Å². The maximum atomic E-state index is 14.1. The fourth-order valence-corrected chi connectivity index (χ4v) is 3.50. The van der Waals surface area contributed by atoms with Gasteiger partial charge in [0.25, 0.3) is 5.91 Å². The van der Waals surface area contributed by atoms with Crippen molar-refractivity contribution in [3.05, 3.63) is 53.0 Å². The van der Waals surface area contributed by atoms with E-state index >= 15 is 0 Å². The van der Waals surface area contributed by atoms with E-state index in [2.05, 4.69) is 15.8 Å². The number of nitrogens with one attached hydrogen (secondary N) is 2. The number of amides is 1. The Labute approximate surface area is 142 Å². The van der Waals surface area contributed by atoms with Crippen molar-refractivity contribution in [2.45, 2.75) is 13.8 Å². The number of benzene rings is 1. The van der Waals surface area contributed by atoms with Crippen LogP contribution in [0.15, 0.2) is 30.3 Å². The molecule has 3 aromatic rings. The smallest absolute Gasteiger partial charge is 0.278 e. The lowest BCUT2D eigenvalue weighted by molar-refractivity contribution is 0.0540. The van der Waals surface area contributed by atoms with E-state index in [9.17, 15) is 9.18 Å². The van der Waals surface area contributed by atoms with E-state index < -0.39 is 5.91 Å². The Hall–Kier alpha value is -2.51. The minimum Gasteiger partial charge on any atom is -0.344 e. The molecule has 1 amide bonds. The van der Waals surface area contributed by atoms with Gasteiger partial charge in [-0.3, -0.25) is 9.63 Å². The summed E-state index contributed by atoms with van der Waals surface area (Å²) in [5, 5.41) is 4.21. The standard InChI is InChI=1S/C17H16FN3O2S/c1-9-4-7-13(12(18)8-9)20-17-14(15(22)21-23-3)11-6-5-10(2)19-16(11)24-17/h4-8,20H,1-3H3,(H,21,22). The molecule has 3 rings (SSSR count). The largest absolute Gasteiger partial charge is 0.344 e. The number of halogens is 1. The predicted molar refractivity (Wildman–Crippen MR) is 93.3 cm³/mol. The van der Waals surface area contributed by atoms with E-state index in [0.717, 1.165) is 11.3 Å². The summed E-state index contributed by atoms with van der Waals surface area (Å²) >= 11 is 1.29. The Morgan fingerprint density at radius 1 is 1.25 bits per heavy atom. The number of nitrogens with zero attached hydrogens (tertiary/aromatic N) is 1. The number of aromatic nitrogens is 1. The molecule has 124 valence electrons. The minimum absolute atomic E-state index is 0.301. The molecule has 2 heterocycles. The van der Waals surface area contributed by atoms with Gasteiger partial charge in [-0.1, -0.05) is 17.4 Å². The highest BCUT2D eigenvalue weighted by Crippen LogP contribution is 2.37. The van der Waals surface area contributed by atoms with Crippen LogP contribution in [-0.4, -0.2) is 18.0 Å². The summed E-state index contributed by atoms with van der Waals surface area (Å²) in [6.07, 6.45) is 0. The van der Waals surface area contributed by atoms with Crippen molar-refractivity contribution in [3.8, 4) is 0 Å². The van der Waals surface area contributed by atoms with E-state index in [1.54, 1.807) is 12.1 Å². The number of anilines is 2. The quantitative estimate of drug-likeness (QED) is 0.699. The Morgan fingerprint density at radius 3 is 2.75 bits per heavy atom. The molecule has 0 atom stereocenters. The number of carbonyl (C=O) groups is 1. The number of pyridine rings is 1. The molecule has 0 saturated carbocycles. The number of hydrogen-bond acceptors (Lipinski definition) is 5. The van der Waals surface area contributed by atoms with Crippen molar-refractivity contribution in [1.82, 2.24) is 10.5 Å². The Kier molecular flexibility index (Phi) is 4.46. The van der Waals surface area contributed by atoms with Gasteiger partial charge >= 0.3 is 0 Å². The van der Waals surface area contributed by atoms with Crippen molar-refractivity contribution in [2.75, 3.05) is 12.4 Å². The van der Waals surface area contributed by atoms with E-state index in [1.807, 2.05) is 26.0 Å². The summed E-state index contributed by atoms with van der Waals surface area (Å²) in [7, 11) is 1.36. The first-order valence-corrected chi connectivity index (χ1v) is 8.08. The van der Waals surface area contributed by atoms with Gasteiger partial charge in [0.15, 0.2) is 0 Å². The van der Waals surface area contributed by atoms with Crippen molar-refractivity contribution >= 4 is 38.1 Å². The second-order valence-electron chi connectivity index (χ2n) is 5.36. The molecule has 0 saturated heterocycles. The van der Waals surface area contributed by atoms with Crippen molar-refractivity contribution in [2.24, 2.45) is 0 Å². The minimum atomic E-state index is -0.413. The Bertz CT molecular complexity index is 924. The highest BCUT2D eigenvalue weighted by Gasteiger charge is 2.21. The topological polar surface area (TPSA) is 63.2 Å². The third-order valence-electron chi connectivity index (χ3n) is 3.49. The maximum Gasteiger partial charge on any atom is 0.278 e. The molecule has 1 aromatic carbocycles. The Morgan fingerprint density at radius 2 is 2.04 bits per heavy atom. The molecule has 0 aliphatic carbocycles. The van der Waals surface area contributed by atoms with Crippen LogP contribution in [0, 0.1) is 19.7 Å². The Balaban J connectivity index is 2.11. The molecule has 0 radical (unpaired) electrons. The van der Waals surface area contributed by atoms with E-state index in [4.69, 9.17) is 4.84 Å². The molecule has 0 spiro atoms. The summed E-state index contributed by atoms with van der Waals surface area (Å²) in [6, 6.07) is 8.54. The predicted octanol–water partition coefficient (Wildman–Crippen LogP) is 4.09. The van der Waals surface area contributed by atoms with Gasteiger partial charge in [0.1, 0.15) is 15.6 Å². The van der Waals surface area contributed by atoms with Gasteiger partial charge in [-0.25, -0.2) is 14.9 Å². The van der Waals surface area contributed by atoms with Crippen molar-refractivity contribution in [3.63, 3.8) is 0 Å². The molecule has 2 N–H and O–H groups in total. The van der Waals surface area contributed by atoms with Crippen LogP contribution in [0.3, 0.4) is 0 Å².